The van der Waals surface area contributed by atoms with Crippen molar-refractivity contribution < 1.29 is 4.79 Å². The van der Waals surface area contributed by atoms with Crippen LogP contribution in [0, 0.1) is 18.3 Å². The minimum Gasteiger partial charge on any atom is -0.382 e. The van der Waals surface area contributed by atoms with Gasteiger partial charge in [0, 0.05) is 28.9 Å². The van der Waals surface area contributed by atoms with Crippen LogP contribution in [0.25, 0.3) is 33.4 Å². The maximum atomic E-state index is 13.5. The number of hydrogen-bond donors (Lipinski definition) is 2. The molecule has 3 N–H and O–H groups in total. The molecule has 0 fully saturated rings. The molecule has 1 amide bonds. The standard InChI is InChI=1S/C30H25N7O/c1-18-21(17-31)8-6-10-22(18)26-25(20-12-13-23-19(16-20)9-7-15-33-23)35-27(28(32)36-26)29(38)37-30(2,3)24-11-4-5-14-34-24/h4-16H,1-3H3,(H2,32,36)(H,37,38). The first-order chi connectivity index (χ1) is 18.3. The lowest BCUT2D eigenvalue weighted by atomic mass is 9.96. The van der Waals surface area contributed by atoms with Crippen LogP contribution in [-0.4, -0.2) is 25.8 Å². The fourth-order valence-electron chi connectivity index (χ4n) is 4.38. The number of amides is 1. The van der Waals surface area contributed by atoms with Gasteiger partial charge < -0.3 is 11.1 Å². The highest BCUT2D eigenvalue weighted by Crippen LogP contribution is 2.35. The van der Waals surface area contributed by atoms with E-state index in [0.717, 1.165) is 22.0 Å². The van der Waals surface area contributed by atoms with Gasteiger partial charge in [0.05, 0.1) is 39.8 Å². The summed E-state index contributed by atoms with van der Waals surface area (Å²) in [7, 11) is 0. The Balaban J connectivity index is 1.68. The third-order valence-corrected chi connectivity index (χ3v) is 6.45. The van der Waals surface area contributed by atoms with E-state index in [9.17, 15) is 10.1 Å². The van der Waals surface area contributed by atoms with E-state index >= 15 is 0 Å². The molecule has 0 spiro atoms. The zero-order valence-electron chi connectivity index (χ0n) is 21.2. The van der Waals surface area contributed by atoms with Crippen LogP contribution >= 0.6 is 0 Å². The van der Waals surface area contributed by atoms with Gasteiger partial charge in [-0.15, -0.1) is 0 Å². The molecule has 0 saturated heterocycles. The van der Waals surface area contributed by atoms with E-state index in [2.05, 4.69) is 26.3 Å². The molecule has 0 saturated carbocycles. The summed E-state index contributed by atoms with van der Waals surface area (Å²) in [5, 5.41) is 13.5. The lowest BCUT2D eigenvalue weighted by Crippen LogP contribution is -2.42. The zero-order valence-corrected chi connectivity index (χ0v) is 21.2. The van der Waals surface area contributed by atoms with Crippen molar-refractivity contribution in [3.8, 4) is 28.6 Å². The number of aromatic nitrogens is 4. The number of carbonyl (C=O) groups excluding carboxylic acids is 1. The Morgan fingerprint density at radius 2 is 1.76 bits per heavy atom. The average molecular weight is 500 g/mol. The normalized spacial score (nSPS) is 11.2. The Kier molecular flexibility index (Phi) is 6.27. The number of fused-ring (bicyclic) bond motifs is 1. The maximum absolute atomic E-state index is 13.5. The molecule has 5 rings (SSSR count). The fraction of sp³-hybridized carbons (Fsp3) is 0.133. The molecule has 186 valence electrons. The summed E-state index contributed by atoms with van der Waals surface area (Å²) in [5.74, 6) is -0.481. The summed E-state index contributed by atoms with van der Waals surface area (Å²) in [5.41, 5.74) is 10.8. The van der Waals surface area contributed by atoms with Gasteiger partial charge in [0.15, 0.2) is 11.5 Å². The molecule has 5 aromatic rings. The minimum atomic E-state index is -0.780. The first kappa shape index (κ1) is 24.5. The van der Waals surface area contributed by atoms with Gasteiger partial charge >= 0.3 is 0 Å². The summed E-state index contributed by atoms with van der Waals surface area (Å²) in [6.45, 7) is 5.58. The summed E-state index contributed by atoms with van der Waals surface area (Å²) < 4.78 is 0. The Morgan fingerprint density at radius 3 is 2.53 bits per heavy atom. The molecule has 2 aromatic carbocycles. The Bertz CT molecular complexity index is 1720. The second-order valence-corrected chi connectivity index (χ2v) is 9.45. The fourth-order valence-corrected chi connectivity index (χ4v) is 4.38. The van der Waals surface area contributed by atoms with Crippen molar-refractivity contribution in [1.82, 2.24) is 25.3 Å². The predicted molar refractivity (Wildman–Crippen MR) is 147 cm³/mol. The number of nitriles is 1. The maximum Gasteiger partial charge on any atom is 0.274 e. The van der Waals surface area contributed by atoms with E-state index in [-0.39, 0.29) is 11.5 Å². The van der Waals surface area contributed by atoms with Crippen molar-refractivity contribution in [2.45, 2.75) is 26.3 Å². The van der Waals surface area contributed by atoms with Crippen LogP contribution in [0.2, 0.25) is 0 Å². The third-order valence-electron chi connectivity index (χ3n) is 6.45. The van der Waals surface area contributed by atoms with Crippen molar-refractivity contribution in [1.29, 1.82) is 5.26 Å². The molecule has 0 bridgehead atoms. The number of nitrogens with one attached hydrogen (secondary N) is 1. The molecule has 0 aliphatic rings. The number of benzene rings is 2. The molecule has 3 heterocycles. The molecule has 0 radical (unpaired) electrons. The highest BCUT2D eigenvalue weighted by molar-refractivity contribution is 5.99. The lowest BCUT2D eigenvalue weighted by Gasteiger charge is -2.26. The van der Waals surface area contributed by atoms with Gasteiger partial charge in [-0.3, -0.25) is 14.8 Å². The molecular weight excluding hydrogens is 474 g/mol. The first-order valence-electron chi connectivity index (χ1n) is 12.1. The average Bonchev–Trinajstić information content (AvgIpc) is 2.93. The van der Waals surface area contributed by atoms with Crippen molar-refractivity contribution >= 4 is 22.6 Å². The molecular formula is C30H25N7O. The smallest absolute Gasteiger partial charge is 0.274 e. The Hall–Kier alpha value is -5.16. The van der Waals surface area contributed by atoms with Crippen LogP contribution in [0.1, 0.15) is 41.2 Å². The zero-order chi connectivity index (χ0) is 26.9. The van der Waals surface area contributed by atoms with Crippen LogP contribution in [-0.2, 0) is 5.54 Å². The van der Waals surface area contributed by atoms with Gasteiger partial charge in [-0.1, -0.05) is 30.3 Å². The number of carbonyl (C=O) groups is 1. The predicted octanol–water partition coefficient (Wildman–Crippen LogP) is 5.18. The number of nitrogen functional groups attached to an aromatic ring is 1. The second kappa shape index (κ2) is 9.71. The van der Waals surface area contributed by atoms with E-state index in [4.69, 9.17) is 10.7 Å². The summed E-state index contributed by atoms with van der Waals surface area (Å²) in [6, 6.07) is 22.7. The molecule has 0 aliphatic carbocycles. The lowest BCUT2D eigenvalue weighted by molar-refractivity contribution is 0.0906. The summed E-state index contributed by atoms with van der Waals surface area (Å²) in [6.07, 6.45) is 3.41. The molecule has 8 nitrogen and oxygen atoms in total. The van der Waals surface area contributed by atoms with Crippen LogP contribution in [0.4, 0.5) is 5.82 Å². The number of pyridine rings is 2. The molecule has 0 unspecified atom stereocenters. The number of nitrogens with two attached hydrogens (primary N) is 1. The Labute approximate surface area is 220 Å². The van der Waals surface area contributed by atoms with E-state index < -0.39 is 11.4 Å². The number of hydrogen-bond acceptors (Lipinski definition) is 7. The van der Waals surface area contributed by atoms with Gasteiger partial charge in [-0.2, -0.15) is 5.26 Å². The molecule has 3 aromatic heterocycles. The van der Waals surface area contributed by atoms with Crippen LogP contribution in [0.3, 0.4) is 0 Å². The SMILES string of the molecule is Cc1c(C#N)cccc1-c1nc(N)c(C(=O)NC(C)(C)c2ccccn2)nc1-c1ccc2ncccc2c1. The molecule has 38 heavy (non-hydrogen) atoms. The van der Waals surface area contributed by atoms with E-state index in [1.54, 1.807) is 24.5 Å². The van der Waals surface area contributed by atoms with Gasteiger partial charge in [-0.25, -0.2) is 9.97 Å². The van der Waals surface area contributed by atoms with Crippen molar-refractivity contribution in [3.05, 3.63) is 102 Å². The quantitative estimate of drug-likeness (QED) is 0.341. The summed E-state index contributed by atoms with van der Waals surface area (Å²) >= 11 is 0. The van der Waals surface area contributed by atoms with Crippen LogP contribution in [0.15, 0.2) is 79.1 Å². The minimum absolute atomic E-state index is 0.00753. The molecule has 0 atom stereocenters. The largest absolute Gasteiger partial charge is 0.382 e. The van der Waals surface area contributed by atoms with Gasteiger partial charge in [0.25, 0.3) is 5.91 Å². The van der Waals surface area contributed by atoms with Gasteiger partial charge in [0.2, 0.25) is 0 Å². The van der Waals surface area contributed by atoms with Crippen LogP contribution < -0.4 is 11.1 Å². The Morgan fingerprint density at radius 1 is 0.947 bits per heavy atom. The number of rotatable bonds is 5. The van der Waals surface area contributed by atoms with Crippen LogP contribution in [0.5, 0.6) is 0 Å². The summed E-state index contributed by atoms with van der Waals surface area (Å²) in [4.78, 5) is 31.7. The van der Waals surface area contributed by atoms with Crippen molar-refractivity contribution in [3.63, 3.8) is 0 Å². The topological polar surface area (TPSA) is 130 Å². The molecule has 0 aliphatic heterocycles. The first-order valence-corrected chi connectivity index (χ1v) is 12.1. The van der Waals surface area contributed by atoms with Gasteiger partial charge in [0.1, 0.15) is 0 Å². The van der Waals surface area contributed by atoms with E-state index in [0.29, 0.717) is 28.2 Å². The van der Waals surface area contributed by atoms with Crippen molar-refractivity contribution in [2.24, 2.45) is 0 Å². The number of anilines is 1. The highest BCUT2D eigenvalue weighted by Gasteiger charge is 2.28. The highest BCUT2D eigenvalue weighted by atomic mass is 16.2. The third kappa shape index (κ3) is 4.53. The van der Waals surface area contributed by atoms with E-state index in [1.807, 2.05) is 75.4 Å². The molecule has 8 heteroatoms. The van der Waals surface area contributed by atoms with Gasteiger partial charge in [-0.05, 0) is 62.7 Å². The van der Waals surface area contributed by atoms with E-state index in [1.165, 1.54) is 0 Å². The van der Waals surface area contributed by atoms with Crippen molar-refractivity contribution in [2.75, 3.05) is 5.73 Å². The number of nitrogens with zero attached hydrogens (tertiary/aromatic N) is 5. The second-order valence-electron chi connectivity index (χ2n) is 9.45. The monoisotopic (exact) mass is 499 g/mol.